The maximum absolute atomic E-state index is 9.29. The highest BCUT2D eigenvalue weighted by Gasteiger charge is 2.23. The molecule has 2 nitrogen and oxygen atoms in total. The van der Waals surface area contributed by atoms with Crippen LogP contribution in [0.25, 0.3) is 0 Å². The zero-order valence-electron chi connectivity index (χ0n) is 10.4. The van der Waals surface area contributed by atoms with Crippen LogP contribution in [0.15, 0.2) is 16.7 Å². The van der Waals surface area contributed by atoms with Crippen molar-refractivity contribution < 1.29 is 5.11 Å². The van der Waals surface area contributed by atoms with E-state index in [2.05, 4.69) is 48.2 Å². The zero-order chi connectivity index (χ0) is 12.3. The van der Waals surface area contributed by atoms with E-state index in [1.807, 2.05) is 12.1 Å². The quantitative estimate of drug-likeness (QED) is 0.687. The molecule has 0 fully saturated rings. The van der Waals surface area contributed by atoms with Crippen molar-refractivity contribution in [1.82, 2.24) is 4.98 Å². The molecular weight excluding hydrogens is 282 g/mol. The molecule has 0 saturated heterocycles. The standard InChI is InChI=1S/C12H20BrNOSi/c1-12(2,3)16(4)8-10-9(7-15)5-6-11(13)14-10/h5-6,15-16H,7-8H2,1-4H3. The number of halogens is 1. The normalized spacial score (nSPS) is 13.9. The Balaban J connectivity index is 2.91. The van der Waals surface area contributed by atoms with Crippen LogP contribution in [-0.4, -0.2) is 18.9 Å². The van der Waals surface area contributed by atoms with Crippen LogP contribution in [0.4, 0.5) is 0 Å². The Labute approximate surface area is 108 Å². The second-order valence-electron chi connectivity index (χ2n) is 5.37. The van der Waals surface area contributed by atoms with Crippen molar-refractivity contribution >= 4 is 24.7 Å². The lowest BCUT2D eigenvalue weighted by Gasteiger charge is -2.26. The molecule has 0 spiro atoms. The lowest BCUT2D eigenvalue weighted by molar-refractivity contribution is 0.280. The van der Waals surface area contributed by atoms with Crippen molar-refractivity contribution in [3.8, 4) is 0 Å². The van der Waals surface area contributed by atoms with Gasteiger partial charge in [0.1, 0.15) is 4.60 Å². The van der Waals surface area contributed by atoms with Gasteiger partial charge in [-0.2, -0.15) is 0 Å². The summed E-state index contributed by atoms with van der Waals surface area (Å²) >= 11 is 3.39. The molecule has 90 valence electrons. The van der Waals surface area contributed by atoms with E-state index in [0.29, 0.717) is 5.04 Å². The second-order valence-corrected chi connectivity index (χ2v) is 10.1. The average Bonchev–Trinajstić information content (AvgIpc) is 2.16. The fourth-order valence-corrected chi connectivity index (χ4v) is 3.31. The van der Waals surface area contributed by atoms with E-state index in [1.165, 1.54) is 0 Å². The Hall–Kier alpha value is -0.193. The number of rotatable bonds is 3. The molecule has 1 aromatic heterocycles. The van der Waals surface area contributed by atoms with Gasteiger partial charge >= 0.3 is 0 Å². The number of aromatic nitrogens is 1. The van der Waals surface area contributed by atoms with E-state index in [4.69, 9.17) is 0 Å². The van der Waals surface area contributed by atoms with Gasteiger partial charge in [-0.25, -0.2) is 4.98 Å². The molecule has 0 aliphatic carbocycles. The van der Waals surface area contributed by atoms with Crippen LogP contribution in [0.3, 0.4) is 0 Å². The Morgan fingerprint density at radius 2 is 2.00 bits per heavy atom. The van der Waals surface area contributed by atoms with Crippen molar-refractivity contribution in [2.24, 2.45) is 0 Å². The van der Waals surface area contributed by atoms with Gasteiger partial charge in [0, 0.05) is 14.5 Å². The fourth-order valence-electron chi connectivity index (χ4n) is 1.42. The van der Waals surface area contributed by atoms with Crippen LogP contribution in [-0.2, 0) is 12.7 Å². The maximum Gasteiger partial charge on any atom is 0.106 e. The minimum atomic E-state index is -0.874. The van der Waals surface area contributed by atoms with Crippen LogP contribution in [0.2, 0.25) is 11.6 Å². The highest BCUT2D eigenvalue weighted by molar-refractivity contribution is 9.10. The van der Waals surface area contributed by atoms with Crippen molar-refractivity contribution in [1.29, 1.82) is 0 Å². The molecular formula is C12H20BrNOSi. The molecule has 0 bridgehead atoms. The van der Waals surface area contributed by atoms with Crippen LogP contribution in [0.1, 0.15) is 32.0 Å². The Morgan fingerprint density at radius 1 is 1.38 bits per heavy atom. The molecule has 0 aliphatic rings. The molecule has 1 atom stereocenters. The van der Waals surface area contributed by atoms with E-state index in [-0.39, 0.29) is 6.61 Å². The molecule has 1 rings (SSSR count). The van der Waals surface area contributed by atoms with E-state index in [9.17, 15) is 5.11 Å². The number of aliphatic hydroxyl groups excluding tert-OH is 1. The Bertz CT molecular complexity index is 363. The van der Waals surface area contributed by atoms with E-state index >= 15 is 0 Å². The number of aliphatic hydroxyl groups is 1. The first-order chi connectivity index (χ1) is 7.34. The lowest BCUT2D eigenvalue weighted by Crippen LogP contribution is -2.26. The molecule has 0 radical (unpaired) electrons. The van der Waals surface area contributed by atoms with Gasteiger partial charge in [0.2, 0.25) is 0 Å². The summed E-state index contributed by atoms with van der Waals surface area (Å²) in [5.41, 5.74) is 2.03. The van der Waals surface area contributed by atoms with Gasteiger partial charge in [0.25, 0.3) is 0 Å². The first-order valence-electron chi connectivity index (χ1n) is 5.59. The SMILES string of the molecule is C[SiH](Cc1nc(Br)ccc1CO)C(C)(C)C. The van der Waals surface area contributed by atoms with Crippen molar-refractivity contribution in [2.75, 3.05) is 0 Å². The third-order valence-electron chi connectivity index (χ3n) is 3.18. The molecule has 0 amide bonds. The van der Waals surface area contributed by atoms with E-state index < -0.39 is 8.80 Å². The number of pyridine rings is 1. The van der Waals surface area contributed by atoms with Crippen molar-refractivity contribution in [2.45, 2.75) is 45.0 Å². The minimum absolute atomic E-state index is 0.0842. The van der Waals surface area contributed by atoms with E-state index in [0.717, 1.165) is 21.9 Å². The number of hydrogen-bond acceptors (Lipinski definition) is 2. The highest BCUT2D eigenvalue weighted by atomic mass is 79.9. The molecule has 0 saturated carbocycles. The lowest BCUT2D eigenvalue weighted by atomic mass is 10.2. The van der Waals surface area contributed by atoms with Gasteiger partial charge in [-0.3, -0.25) is 0 Å². The largest absolute Gasteiger partial charge is 0.392 e. The van der Waals surface area contributed by atoms with Crippen molar-refractivity contribution in [3.05, 3.63) is 28.0 Å². The maximum atomic E-state index is 9.29. The van der Waals surface area contributed by atoms with Crippen LogP contribution in [0.5, 0.6) is 0 Å². The van der Waals surface area contributed by atoms with E-state index in [1.54, 1.807) is 0 Å². The predicted molar refractivity (Wildman–Crippen MR) is 74.3 cm³/mol. The van der Waals surface area contributed by atoms with Crippen LogP contribution >= 0.6 is 15.9 Å². The first-order valence-corrected chi connectivity index (χ1v) is 8.94. The molecule has 1 N–H and O–H groups in total. The molecule has 0 aliphatic heterocycles. The Kier molecular flexibility index (Phi) is 4.70. The van der Waals surface area contributed by atoms with Gasteiger partial charge in [0.05, 0.1) is 6.61 Å². The molecule has 4 heteroatoms. The summed E-state index contributed by atoms with van der Waals surface area (Å²) in [7, 11) is -0.874. The summed E-state index contributed by atoms with van der Waals surface area (Å²) in [5.74, 6) is 0. The molecule has 1 unspecified atom stereocenters. The summed E-state index contributed by atoms with van der Waals surface area (Å²) in [4.78, 5) is 4.49. The smallest absolute Gasteiger partial charge is 0.106 e. The zero-order valence-corrected chi connectivity index (χ0v) is 13.2. The summed E-state index contributed by atoms with van der Waals surface area (Å²) in [6.07, 6.45) is 0. The summed E-state index contributed by atoms with van der Waals surface area (Å²) in [6.45, 7) is 9.33. The third-order valence-corrected chi connectivity index (χ3v) is 7.58. The van der Waals surface area contributed by atoms with Gasteiger partial charge < -0.3 is 5.11 Å². The number of hydrogen-bond donors (Lipinski definition) is 1. The van der Waals surface area contributed by atoms with Gasteiger partial charge in [-0.05, 0) is 38.6 Å². The van der Waals surface area contributed by atoms with Gasteiger partial charge in [-0.15, -0.1) is 0 Å². The summed E-state index contributed by atoms with van der Waals surface area (Å²) < 4.78 is 0.856. The van der Waals surface area contributed by atoms with Crippen molar-refractivity contribution in [3.63, 3.8) is 0 Å². The molecule has 1 aromatic rings. The van der Waals surface area contributed by atoms with Crippen LogP contribution in [0, 0.1) is 0 Å². The number of nitrogens with zero attached hydrogens (tertiary/aromatic N) is 1. The summed E-state index contributed by atoms with van der Waals surface area (Å²) in [5, 5.41) is 9.68. The fraction of sp³-hybridized carbons (Fsp3) is 0.583. The minimum Gasteiger partial charge on any atom is -0.392 e. The molecule has 16 heavy (non-hydrogen) atoms. The molecule has 0 aromatic carbocycles. The first kappa shape index (κ1) is 13.9. The third kappa shape index (κ3) is 3.68. The molecule has 1 heterocycles. The van der Waals surface area contributed by atoms with Crippen LogP contribution < -0.4 is 0 Å². The van der Waals surface area contributed by atoms with Gasteiger partial charge in [-0.1, -0.05) is 33.4 Å². The topological polar surface area (TPSA) is 33.1 Å². The average molecular weight is 302 g/mol. The summed E-state index contributed by atoms with van der Waals surface area (Å²) in [6, 6.07) is 4.88. The predicted octanol–water partition coefficient (Wildman–Crippen LogP) is 3.08. The van der Waals surface area contributed by atoms with Gasteiger partial charge in [0.15, 0.2) is 0 Å². The highest BCUT2D eigenvalue weighted by Crippen LogP contribution is 2.29. The second kappa shape index (κ2) is 5.43. The Morgan fingerprint density at radius 3 is 2.50 bits per heavy atom. The monoisotopic (exact) mass is 301 g/mol.